The molecule has 0 heterocycles. The van der Waals surface area contributed by atoms with Gasteiger partial charge in [-0.05, 0) is 19.1 Å². The molecule has 1 aromatic rings. The predicted molar refractivity (Wildman–Crippen MR) is 60.5 cm³/mol. The van der Waals surface area contributed by atoms with E-state index >= 15 is 0 Å². The van der Waals surface area contributed by atoms with E-state index in [9.17, 15) is 26.4 Å². The van der Waals surface area contributed by atoms with Crippen LogP contribution in [0.2, 0.25) is 0 Å². The minimum atomic E-state index is -5.13. The van der Waals surface area contributed by atoms with E-state index in [-0.39, 0.29) is 6.61 Å². The quantitative estimate of drug-likeness (QED) is 0.848. The number of halogens is 3. The maximum absolute atomic E-state index is 12.2. The highest BCUT2D eigenvalue weighted by atomic mass is 32.2. The molecule has 2 N–H and O–H groups in total. The van der Waals surface area contributed by atoms with Gasteiger partial charge in [-0.25, -0.2) is 18.4 Å². The Balaban J connectivity index is 3.47. The van der Waals surface area contributed by atoms with Gasteiger partial charge in [0, 0.05) is 0 Å². The zero-order valence-electron chi connectivity index (χ0n) is 10.1. The van der Waals surface area contributed by atoms with E-state index in [2.05, 4.69) is 9.47 Å². The zero-order chi connectivity index (χ0) is 15.6. The molecule has 0 saturated carbocycles. The summed E-state index contributed by atoms with van der Waals surface area (Å²) in [7, 11) is -4.63. The van der Waals surface area contributed by atoms with Crippen molar-refractivity contribution >= 4 is 16.0 Å². The lowest BCUT2D eigenvalue weighted by molar-refractivity contribution is -0.275. The monoisotopic (exact) mass is 313 g/mol. The average molecular weight is 313 g/mol. The number of benzene rings is 1. The normalized spacial score (nSPS) is 12.1. The summed E-state index contributed by atoms with van der Waals surface area (Å²) in [6, 6.07) is 2.72. The van der Waals surface area contributed by atoms with Crippen LogP contribution in [0.25, 0.3) is 0 Å². The van der Waals surface area contributed by atoms with Crippen molar-refractivity contribution in [1.82, 2.24) is 0 Å². The minimum absolute atomic E-state index is 0.0900. The molecule has 0 saturated heterocycles. The molecule has 0 fully saturated rings. The van der Waals surface area contributed by atoms with E-state index in [0.717, 1.165) is 18.2 Å². The van der Waals surface area contributed by atoms with Gasteiger partial charge in [0.25, 0.3) is 0 Å². The molecule has 1 rings (SSSR count). The van der Waals surface area contributed by atoms with E-state index in [1.54, 1.807) is 0 Å². The molecule has 0 aliphatic heterocycles. The molecule has 0 radical (unpaired) electrons. The van der Waals surface area contributed by atoms with Crippen molar-refractivity contribution in [1.29, 1.82) is 0 Å². The van der Waals surface area contributed by atoms with Crippen LogP contribution in [0.5, 0.6) is 5.75 Å². The van der Waals surface area contributed by atoms with Gasteiger partial charge in [0.1, 0.15) is 10.6 Å². The molecule has 0 spiro atoms. The van der Waals surface area contributed by atoms with Crippen molar-refractivity contribution in [2.24, 2.45) is 5.14 Å². The maximum atomic E-state index is 12.2. The van der Waals surface area contributed by atoms with Crippen LogP contribution in [0, 0.1) is 0 Å². The Kier molecular flexibility index (Phi) is 4.61. The molecule has 112 valence electrons. The lowest BCUT2D eigenvalue weighted by Crippen LogP contribution is -2.23. The molecule has 0 aliphatic rings. The summed E-state index contributed by atoms with van der Waals surface area (Å²) < 4.78 is 67.5. The van der Waals surface area contributed by atoms with Gasteiger partial charge in [0.15, 0.2) is 0 Å². The first-order valence-electron chi connectivity index (χ1n) is 5.15. The van der Waals surface area contributed by atoms with E-state index in [1.165, 1.54) is 6.92 Å². The smallest absolute Gasteiger partial charge is 0.462 e. The third-order valence-electron chi connectivity index (χ3n) is 1.98. The SMILES string of the molecule is CCOC(=O)c1cccc(OC(F)(F)F)c1S(N)(=O)=O. The number of rotatable bonds is 4. The lowest BCUT2D eigenvalue weighted by Gasteiger charge is -2.14. The largest absolute Gasteiger partial charge is 0.573 e. The first-order chi connectivity index (χ1) is 9.06. The van der Waals surface area contributed by atoms with Crippen LogP contribution >= 0.6 is 0 Å². The molecule has 0 amide bonds. The van der Waals surface area contributed by atoms with E-state index in [1.807, 2.05) is 0 Å². The number of nitrogens with two attached hydrogens (primary N) is 1. The summed E-state index contributed by atoms with van der Waals surface area (Å²) in [4.78, 5) is 10.5. The summed E-state index contributed by atoms with van der Waals surface area (Å²) in [5.41, 5.74) is -0.629. The molecule has 0 atom stereocenters. The molecular formula is C10H10F3NO5S. The standard InChI is InChI=1S/C10H10F3NO5S/c1-2-18-9(15)6-4-3-5-7(19-10(11,12)13)8(6)20(14,16)17/h3-5H,2H2,1H3,(H2,14,16,17). The number of sulfonamides is 1. The van der Waals surface area contributed by atoms with E-state index in [4.69, 9.17) is 5.14 Å². The minimum Gasteiger partial charge on any atom is -0.462 e. The third kappa shape index (κ3) is 4.10. The Morgan fingerprint density at radius 3 is 2.40 bits per heavy atom. The van der Waals surface area contributed by atoms with Crippen LogP contribution in [0.1, 0.15) is 17.3 Å². The van der Waals surface area contributed by atoms with Crippen molar-refractivity contribution in [3.63, 3.8) is 0 Å². The van der Waals surface area contributed by atoms with Crippen molar-refractivity contribution in [2.45, 2.75) is 18.2 Å². The second-order valence-corrected chi connectivity index (χ2v) is 4.94. The number of primary sulfonamides is 1. The highest BCUT2D eigenvalue weighted by Crippen LogP contribution is 2.31. The third-order valence-corrected chi connectivity index (χ3v) is 2.97. The summed E-state index contributed by atoms with van der Waals surface area (Å²) in [5, 5.41) is 4.83. The molecule has 0 bridgehead atoms. The fraction of sp³-hybridized carbons (Fsp3) is 0.300. The average Bonchev–Trinajstić information content (AvgIpc) is 2.25. The van der Waals surface area contributed by atoms with Crippen molar-refractivity contribution in [2.75, 3.05) is 6.61 Å². The van der Waals surface area contributed by atoms with Crippen LogP contribution in [-0.4, -0.2) is 27.4 Å². The second kappa shape index (κ2) is 5.67. The summed E-state index contributed by atoms with van der Waals surface area (Å²) in [6.45, 7) is 1.36. The number of hydrogen-bond acceptors (Lipinski definition) is 5. The fourth-order valence-electron chi connectivity index (χ4n) is 1.38. The van der Waals surface area contributed by atoms with Crippen LogP contribution in [0.3, 0.4) is 0 Å². The van der Waals surface area contributed by atoms with Gasteiger partial charge in [0.05, 0.1) is 12.2 Å². The fourth-order valence-corrected chi connectivity index (χ4v) is 2.23. The number of carbonyl (C=O) groups is 1. The second-order valence-electron chi connectivity index (χ2n) is 3.45. The Morgan fingerprint density at radius 1 is 1.35 bits per heavy atom. The van der Waals surface area contributed by atoms with Crippen LogP contribution in [-0.2, 0) is 14.8 Å². The number of carbonyl (C=O) groups excluding carboxylic acids is 1. The molecule has 20 heavy (non-hydrogen) atoms. The van der Waals surface area contributed by atoms with Gasteiger partial charge >= 0.3 is 12.3 Å². The molecule has 10 heteroatoms. The number of hydrogen-bond donors (Lipinski definition) is 1. The van der Waals surface area contributed by atoms with Crippen molar-refractivity contribution < 1.29 is 35.9 Å². The number of alkyl halides is 3. The first kappa shape index (κ1) is 16.2. The van der Waals surface area contributed by atoms with Crippen LogP contribution in [0.15, 0.2) is 23.1 Å². The predicted octanol–water partition coefficient (Wildman–Crippen LogP) is 1.41. The van der Waals surface area contributed by atoms with Gasteiger partial charge in [-0.1, -0.05) is 6.07 Å². The van der Waals surface area contributed by atoms with E-state index in [0.29, 0.717) is 0 Å². The van der Waals surface area contributed by atoms with E-state index < -0.39 is 38.6 Å². The Labute approximate surface area is 112 Å². The number of esters is 1. The highest BCUT2D eigenvalue weighted by molar-refractivity contribution is 7.89. The molecule has 6 nitrogen and oxygen atoms in total. The molecule has 0 unspecified atom stereocenters. The van der Waals surface area contributed by atoms with Crippen LogP contribution in [0.4, 0.5) is 13.2 Å². The van der Waals surface area contributed by atoms with Crippen molar-refractivity contribution in [3.05, 3.63) is 23.8 Å². The zero-order valence-corrected chi connectivity index (χ0v) is 10.9. The molecule has 1 aromatic carbocycles. The Morgan fingerprint density at radius 2 is 1.95 bits per heavy atom. The lowest BCUT2D eigenvalue weighted by atomic mass is 10.2. The topological polar surface area (TPSA) is 95.7 Å². The van der Waals surface area contributed by atoms with Gasteiger partial charge < -0.3 is 9.47 Å². The molecular weight excluding hydrogens is 303 g/mol. The van der Waals surface area contributed by atoms with Gasteiger partial charge in [0.2, 0.25) is 10.0 Å². The maximum Gasteiger partial charge on any atom is 0.573 e. The Hall–Kier alpha value is -1.81. The van der Waals surface area contributed by atoms with Gasteiger partial charge in [-0.15, -0.1) is 13.2 Å². The van der Waals surface area contributed by atoms with Crippen molar-refractivity contribution in [3.8, 4) is 5.75 Å². The van der Waals surface area contributed by atoms with Gasteiger partial charge in [-0.2, -0.15) is 0 Å². The van der Waals surface area contributed by atoms with Gasteiger partial charge in [-0.3, -0.25) is 0 Å². The summed E-state index contributed by atoms with van der Waals surface area (Å²) >= 11 is 0. The Bertz CT molecular complexity index is 612. The first-order valence-corrected chi connectivity index (χ1v) is 6.69. The molecule has 0 aliphatic carbocycles. The molecule has 0 aromatic heterocycles. The summed E-state index contributed by atoms with van der Waals surface area (Å²) in [6.07, 6.45) is -5.13. The number of ether oxygens (including phenoxy) is 2. The summed E-state index contributed by atoms with van der Waals surface area (Å²) in [5.74, 6) is -2.21. The van der Waals surface area contributed by atoms with Crippen LogP contribution < -0.4 is 9.88 Å². The highest BCUT2D eigenvalue weighted by Gasteiger charge is 2.35.